The lowest BCUT2D eigenvalue weighted by molar-refractivity contribution is 0.358. The molecule has 0 saturated heterocycles. The van der Waals surface area contributed by atoms with Gasteiger partial charge in [-0.25, -0.2) is 8.42 Å². The third kappa shape index (κ3) is 5.50. The average molecular weight is 542 g/mol. The van der Waals surface area contributed by atoms with Crippen molar-refractivity contribution in [3.05, 3.63) is 106 Å². The molecule has 39 heavy (non-hydrogen) atoms. The minimum atomic E-state index is -4.40. The van der Waals surface area contributed by atoms with E-state index in [1.165, 1.54) is 16.7 Å². The predicted molar refractivity (Wildman–Crippen MR) is 150 cm³/mol. The van der Waals surface area contributed by atoms with Crippen LogP contribution in [0.4, 0.5) is 0 Å². The molecule has 0 aliphatic heterocycles. The first-order chi connectivity index (χ1) is 18.7. The number of hydrogen-bond donors (Lipinski definition) is 1. The van der Waals surface area contributed by atoms with Crippen LogP contribution >= 0.6 is 0 Å². The Labute approximate surface area is 229 Å². The first kappa shape index (κ1) is 27.8. The Morgan fingerprint density at radius 3 is 2.38 bits per heavy atom. The zero-order valence-corrected chi connectivity index (χ0v) is 23.1. The lowest BCUT2D eigenvalue weighted by Gasteiger charge is -2.25. The maximum absolute atomic E-state index is 13.8. The number of rotatable bonds is 9. The molecule has 0 amide bonds. The van der Waals surface area contributed by atoms with Crippen molar-refractivity contribution in [1.82, 2.24) is 9.55 Å². The van der Waals surface area contributed by atoms with E-state index in [2.05, 4.69) is 11.1 Å². The minimum Gasteiger partial charge on any atom is -0.493 e. The summed E-state index contributed by atoms with van der Waals surface area (Å²) >= 11 is 0. The summed E-state index contributed by atoms with van der Waals surface area (Å²) in [6, 6.07) is 22.6. The van der Waals surface area contributed by atoms with Crippen molar-refractivity contribution in [3.63, 3.8) is 0 Å². The van der Waals surface area contributed by atoms with Gasteiger partial charge in [-0.15, -0.1) is 0 Å². The Balaban J connectivity index is 1.88. The Morgan fingerprint density at radius 1 is 1.03 bits per heavy atom. The Hall–Kier alpha value is -4.22. The summed E-state index contributed by atoms with van der Waals surface area (Å²) in [6.07, 6.45) is 2.38. The Bertz CT molecular complexity index is 1700. The van der Waals surface area contributed by atoms with Crippen LogP contribution in [-0.4, -0.2) is 23.1 Å². The van der Waals surface area contributed by atoms with Gasteiger partial charge in [0.05, 0.1) is 22.6 Å². The van der Waals surface area contributed by atoms with Gasteiger partial charge < -0.3 is 5.11 Å². The quantitative estimate of drug-likeness (QED) is 0.279. The zero-order valence-electron chi connectivity index (χ0n) is 22.3. The van der Waals surface area contributed by atoms with Crippen molar-refractivity contribution < 1.29 is 13.5 Å². The maximum atomic E-state index is 13.8. The summed E-state index contributed by atoms with van der Waals surface area (Å²) in [5.41, 5.74) is 3.02. The summed E-state index contributed by atoms with van der Waals surface area (Å²) in [6.45, 7) is 5.86. The predicted octanol–water partition coefficient (Wildman–Crippen LogP) is 5.97. The average Bonchev–Trinajstić information content (AvgIpc) is 2.94. The molecule has 0 bridgehead atoms. The van der Waals surface area contributed by atoms with Gasteiger partial charge >= 0.3 is 0 Å². The second-order valence-corrected chi connectivity index (χ2v) is 11.4. The van der Waals surface area contributed by atoms with Gasteiger partial charge in [0.15, 0.2) is 4.90 Å². The molecule has 1 heterocycles. The van der Waals surface area contributed by atoms with Crippen LogP contribution in [0.25, 0.3) is 11.1 Å². The number of aromatic nitrogens is 2. The number of sulfone groups is 1. The molecule has 0 unspecified atom stereocenters. The number of nitriles is 1. The zero-order chi connectivity index (χ0) is 28.2. The van der Waals surface area contributed by atoms with E-state index < -0.39 is 32.2 Å². The normalized spacial score (nSPS) is 12.2. The standard InChI is InChI=1S/C31H31N3O4S/c1-4-6-14-28-33-30(35)29(31(36)34(28)27(5-2)24-12-9-11-22(19-24)20-32)39(37,38)25-17-15-23(16-18-25)26-13-8-7-10-21(26)3/h7-13,15-19,27,36H,4-6,14H2,1-3H3/t27-/m0/s1. The lowest BCUT2D eigenvalue weighted by Crippen LogP contribution is -2.27. The van der Waals surface area contributed by atoms with Gasteiger partial charge in [0.1, 0.15) is 5.82 Å². The van der Waals surface area contributed by atoms with E-state index in [0.29, 0.717) is 36.2 Å². The molecule has 0 fully saturated rings. The fourth-order valence-corrected chi connectivity index (χ4v) is 6.18. The minimum absolute atomic E-state index is 0.110. The van der Waals surface area contributed by atoms with E-state index in [1.54, 1.807) is 30.3 Å². The monoisotopic (exact) mass is 541 g/mol. The van der Waals surface area contributed by atoms with Gasteiger partial charge in [0.25, 0.3) is 5.56 Å². The summed E-state index contributed by atoms with van der Waals surface area (Å²) in [4.78, 5) is 16.5. The van der Waals surface area contributed by atoms with Crippen molar-refractivity contribution in [2.45, 2.75) is 62.3 Å². The molecule has 4 aromatic rings. The largest absolute Gasteiger partial charge is 0.493 e. The molecule has 0 aliphatic carbocycles. The van der Waals surface area contributed by atoms with Crippen LogP contribution in [-0.2, 0) is 16.3 Å². The second kappa shape index (κ2) is 11.7. The number of nitrogens with zero attached hydrogens (tertiary/aromatic N) is 3. The van der Waals surface area contributed by atoms with Gasteiger partial charge in [-0.1, -0.05) is 68.8 Å². The van der Waals surface area contributed by atoms with E-state index in [4.69, 9.17) is 0 Å². The highest BCUT2D eigenvalue weighted by Gasteiger charge is 2.32. The summed E-state index contributed by atoms with van der Waals surface area (Å²) in [5, 5.41) is 20.9. The maximum Gasteiger partial charge on any atom is 0.296 e. The van der Waals surface area contributed by atoms with Crippen molar-refractivity contribution in [3.8, 4) is 23.1 Å². The lowest BCUT2D eigenvalue weighted by atomic mass is 10.0. The molecule has 200 valence electrons. The Morgan fingerprint density at radius 2 is 1.74 bits per heavy atom. The molecular weight excluding hydrogens is 510 g/mol. The Kier molecular flexibility index (Phi) is 8.32. The van der Waals surface area contributed by atoms with Crippen LogP contribution in [0, 0.1) is 18.3 Å². The molecular formula is C31H31N3O4S. The smallest absolute Gasteiger partial charge is 0.296 e. The van der Waals surface area contributed by atoms with Gasteiger partial charge in [-0.2, -0.15) is 10.2 Å². The van der Waals surface area contributed by atoms with Crippen LogP contribution < -0.4 is 5.56 Å². The van der Waals surface area contributed by atoms with Crippen LogP contribution in [0.1, 0.15) is 61.7 Å². The third-order valence-corrected chi connectivity index (χ3v) is 8.66. The first-order valence-corrected chi connectivity index (χ1v) is 14.5. The molecule has 1 N–H and O–H groups in total. The number of aryl methyl sites for hydroxylation is 2. The molecule has 3 aromatic carbocycles. The van der Waals surface area contributed by atoms with Crippen LogP contribution in [0.15, 0.2) is 87.4 Å². The molecule has 4 rings (SSSR count). The van der Waals surface area contributed by atoms with Crippen LogP contribution in [0.5, 0.6) is 5.88 Å². The van der Waals surface area contributed by atoms with E-state index in [9.17, 15) is 23.6 Å². The second-order valence-electron chi connectivity index (χ2n) is 9.46. The molecule has 1 atom stereocenters. The molecule has 0 saturated carbocycles. The van der Waals surface area contributed by atoms with Crippen LogP contribution in [0.3, 0.4) is 0 Å². The summed E-state index contributed by atoms with van der Waals surface area (Å²) in [5.74, 6) is -0.333. The highest BCUT2D eigenvalue weighted by molar-refractivity contribution is 7.91. The van der Waals surface area contributed by atoms with Gasteiger partial charge in [0.2, 0.25) is 15.7 Å². The van der Waals surface area contributed by atoms with Crippen molar-refractivity contribution >= 4 is 9.84 Å². The molecule has 0 spiro atoms. The third-order valence-electron chi connectivity index (χ3n) is 6.88. The number of unbranched alkanes of at least 4 members (excludes halogenated alkanes) is 1. The number of aromatic hydroxyl groups is 1. The SMILES string of the molecule is CCCCc1nc(=O)c(S(=O)(=O)c2ccc(-c3ccccc3C)cc2)c(O)n1[C@@H](CC)c1cccc(C#N)c1. The van der Waals surface area contributed by atoms with Gasteiger partial charge in [-0.3, -0.25) is 9.36 Å². The van der Waals surface area contributed by atoms with Gasteiger partial charge in [-0.05, 0) is 66.3 Å². The molecule has 0 aliphatic rings. The molecule has 8 heteroatoms. The van der Waals surface area contributed by atoms with E-state index in [-0.39, 0.29) is 4.90 Å². The van der Waals surface area contributed by atoms with E-state index >= 15 is 0 Å². The van der Waals surface area contributed by atoms with E-state index in [0.717, 1.165) is 23.1 Å². The summed E-state index contributed by atoms with van der Waals surface area (Å²) < 4.78 is 29.0. The van der Waals surface area contributed by atoms with Crippen molar-refractivity contribution in [1.29, 1.82) is 5.26 Å². The van der Waals surface area contributed by atoms with Crippen LogP contribution in [0.2, 0.25) is 0 Å². The highest BCUT2D eigenvalue weighted by atomic mass is 32.2. The molecule has 0 radical (unpaired) electrons. The number of hydrogen-bond acceptors (Lipinski definition) is 6. The fourth-order valence-electron chi connectivity index (χ4n) is 4.83. The van der Waals surface area contributed by atoms with E-state index in [1.807, 2.05) is 51.1 Å². The molecule has 7 nitrogen and oxygen atoms in total. The van der Waals surface area contributed by atoms with Gasteiger partial charge in [0, 0.05) is 6.42 Å². The molecule has 1 aromatic heterocycles. The summed E-state index contributed by atoms with van der Waals surface area (Å²) in [7, 11) is -4.40. The van der Waals surface area contributed by atoms with Crippen molar-refractivity contribution in [2.24, 2.45) is 0 Å². The fraction of sp³-hybridized carbons (Fsp3) is 0.258. The number of benzene rings is 3. The topological polar surface area (TPSA) is 113 Å². The highest BCUT2D eigenvalue weighted by Crippen LogP contribution is 2.34. The first-order valence-electron chi connectivity index (χ1n) is 13.0. The van der Waals surface area contributed by atoms with Crippen molar-refractivity contribution in [2.75, 3.05) is 0 Å².